The smallest absolute Gasteiger partial charge is 0.416 e. The molecule has 1 fully saturated rings. The molecule has 2 aliphatic rings. The molecule has 0 spiro atoms. The fourth-order valence-electron chi connectivity index (χ4n) is 6.42. The van der Waals surface area contributed by atoms with Gasteiger partial charge in [-0.15, -0.1) is 0 Å². The maximum atomic E-state index is 14.3. The van der Waals surface area contributed by atoms with E-state index < -0.39 is 17.3 Å². The molecule has 0 bridgehead atoms. The molecule has 0 saturated carbocycles. The first-order chi connectivity index (χ1) is 20.4. The van der Waals surface area contributed by atoms with Gasteiger partial charge in [0.1, 0.15) is 6.54 Å². The third kappa shape index (κ3) is 4.78. The molecule has 2 amide bonds. The Morgan fingerprint density at radius 1 is 1.02 bits per heavy atom. The van der Waals surface area contributed by atoms with Crippen LogP contribution in [0.25, 0.3) is 10.9 Å². The van der Waals surface area contributed by atoms with E-state index in [2.05, 4.69) is 4.98 Å². The first-order valence-electron chi connectivity index (χ1n) is 14.1. The van der Waals surface area contributed by atoms with Crippen LogP contribution in [-0.4, -0.2) is 52.9 Å². The van der Waals surface area contributed by atoms with E-state index in [9.17, 15) is 22.8 Å². The Morgan fingerprint density at radius 3 is 2.51 bits per heavy atom. The molecule has 224 valence electrons. The summed E-state index contributed by atoms with van der Waals surface area (Å²) >= 11 is 0. The Bertz CT molecular complexity index is 1730. The van der Waals surface area contributed by atoms with Crippen molar-refractivity contribution in [1.82, 2.24) is 14.8 Å². The summed E-state index contributed by atoms with van der Waals surface area (Å²) in [4.78, 5) is 34.5. The van der Waals surface area contributed by atoms with Crippen LogP contribution in [0.15, 0.2) is 66.7 Å². The van der Waals surface area contributed by atoms with Crippen molar-refractivity contribution in [2.45, 2.75) is 51.1 Å². The summed E-state index contributed by atoms with van der Waals surface area (Å²) in [6.45, 7) is 5.46. The molecule has 7 nitrogen and oxygen atoms in total. The number of nitrogens with one attached hydrogen (secondary N) is 1. The van der Waals surface area contributed by atoms with Crippen LogP contribution in [0, 0.1) is 0 Å². The number of alkyl halides is 3. The Balaban J connectivity index is 1.44. The number of hydrogen-bond donors (Lipinski definition) is 1. The van der Waals surface area contributed by atoms with Crippen LogP contribution >= 0.6 is 0 Å². The number of carbonyl (C=O) groups excluding carboxylic acids is 2. The van der Waals surface area contributed by atoms with Gasteiger partial charge in [0.2, 0.25) is 5.91 Å². The molecule has 1 aromatic heterocycles. The van der Waals surface area contributed by atoms with Gasteiger partial charge in [-0.1, -0.05) is 36.4 Å². The molecule has 2 atom stereocenters. The van der Waals surface area contributed by atoms with Crippen molar-refractivity contribution >= 4 is 22.7 Å². The zero-order chi connectivity index (χ0) is 30.7. The van der Waals surface area contributed by atoms with Crippen LogP contribution in [0.1, 0.15) is 54.6 Å². The van der Waals surface area contributed by atoms with Crippen LogP contribution in [0.3, 0.4) is 0 Å². The zero-order valence-electron chi connectivity index (χ0n) is 24.3. The minimum Gasteiger partial charge on any atom is -0.493 e. The van der Waals surface area contributed by atoms with E-state index in [4.69, 9.17) is 9.47 Å². The molecular weight excluding hydrogens is 559 g/mol. The highest BCUT2D eigenvalue weighted by atomic mass is 19.4. The third-order valence-corrected chi connectivity index (χ3v) is 8.40. The second-order valence-electron chi connectivity index (χ2n) is 11.5. The normalized spacial score (nSPS) is 20.4. The second kappa shape index (κ2) is 10.4. The van der Waals surface area contributed by atoms with Gasteiger partial charge < -0.3 is 24.3 Å². The van der Waals surface area contributed by atoms with Crippen LogP contribution < -0.4 is 9.47 Å². The monoisotopic (exact) mass is 591 g/mol. The van der Waals surface area contributed by atoms with E-state index in [1.165, 1.54) is 17.0 Å². The number of ether oxygens (including phenoxy) is 2. The number of rotatable bonds is 6. The predicted octanol–water partition coefficient (Wildman–Crippen LogP) is 6.21. The molecule has 1 N–H and O–H groups in total. The summed E-state index contributed by atoms with van der Waals surface area (Å²) in [5.41, 5.74) is 1.33. The molecule has 3 aromatic carbocycles. The first-order valence-corrected chi connectivity index (χ1v) is 14.1. The van der Waals surface area contributed by atoms with Gasteiger partial charge in [-0.25, -0.2) is 0 Å². The van der Waals surface area contributed by atoms with Crippen LogP contribution in [0.4, 0.5) is 13.2 Å². The lowest BCUT2D eigenvalue weighted by atomic mass is 9.76. The highest BCUT2D eigenvalue weighted by molar-refractivity contribution is 6.01. The van der Waals surface area contributed by atoms with Crippen LogP contribution in [0.2, 0.25) is 0 Å². The lowest BCUT2D eigenvalue weighted by Crippen LogP contribution is -2.67. The lowest BCUT2D eigenvalue weighted by molar-refractivity contribution is -0.167. The number of amides is 2. The summed E-state index contributed by atoms with van der Waals surface area (Å²) in [6, 6.07) is 18.3. The third-order valence-electron chi connectivity index (χ3n) is 8.40. The number of H-pyrrole nitrogens is 1. The molecule has 0 radical (unpaired) electrons. The van der Waals surface area contributed by atoms with Gasteiger partial charge in [0.25, 0.3) is 5.91 Å². The molecule has 4 aromatic rings. The fourth-order valence-corrected chi connectivity index (χ4v) is 6.42. The molecule has 3 heterocycles. The van der Waals surface area contributed by atoms with Gasteiger partial charge in [0, 0.05) is 29.9 Å². The number of halogens is 3. The summed E-state index contributed by atoms with van der Waals surface area (Å²) in [7, 11) is 1.58. The molecule has 6 rings (SSSR count). The molecular formula is C33H32F3N3O4. The Hall–Kier alpha value is -4.47. The summed E-state index contributed by atoms with van der Waals surface area (Å²) in [6.07, 6.45) is -4.56. The molecule has 0 unspecified atom stereocenters. The average Bonchev–Trinajstić information content (AvgIpc) is 3.36. The number of nitrogens with zero attached hydrogens (tertiary/aromatic N) is 2. The number of para-hydroxylation sites is 1. The van der Waals surface area contributed by atoms with E-state index in [0.29, 0.717) is 22.8 Å². The first kappa shape index (κ1) is 28.6. The van der Waals surface area contributed by atoms with Crippen molar-refractivity contribution in [3.63, 3.8) is 0 Å². The standard InChI is InChI=1S/C33H32F3N3O4/c1-19(2)43-26-13-12-21(15-27(26)42-4)24-17-39-28(40)18-38(16-20-8-7-9-22(14-20)33(34,35)36)31(41)32(39,3)30-29(24)23-10-5-6-11-25(23)37-30/h5-15,19,24,37H,16-18H2,1-4H3/t24-,32+/m1/s1. The van der Waals surface area contributed by atoms with Crippen molar-refractivity contribution in [3.8, 4) is 11.5 Å². The van der Waals surface area contributed by atoms with Gasteiger partial charge in [0.15, 0.2) is 17.0 Å². The summed E-state index contributed by atoms with van der Waals surface area (Å²) in [5.74, 6) is 0.252. The molecule has 2 aliphatic heterocycles. The van der Waals surface area contributed by atoms with E-state index in [1.807, 2.05) is 56.3 Å². The largest absolute Gasteiger partial charge is 0.493 e. The van der Waals surface area contributed by atoms with Gasteiger partial charge in [-0.2, -0.15) is 13.2 Å². The number of benzene rings is 3. The number of methoxy groups -OCH3 is 1. The van der Waals surface area contributed by atoms with Gasteiger partial charge in [-0.05, 0) is 67.8 Å². The zero-order valence-corrected chi connectivity index (χ0v) is 24.3. The molecule has 1 saturated heterocycles. The highest BCUT2D eigenvalue weighted by Gasteiger charge is 2.56. The molecule has 43 heavy (non-hydrogen) atoms. The van der Waals surface area contributed by atoms with E-state index in [0.717, 1.165) is 34.2 Å². The maximum Gasteiger partial charge on any atom is 0.416 e. The molecule has 10 heteroatoms. The van der Waals surface area contributed by atoms with Crippen molar-refractivity contribution < 1.29 is 32.2 Å². The number of aromatic amines is 1. The lowest BCUT2D eigenvalue weighted by Gasteiger charge is -2.51. The topological polar surface area (TPSA) is 74.9 Å². The van der Waals surface area contributed by atoms with E-state index in [1.54, 1.807) is 18.9 Å². The van der Waals surface area contributed by atoms with E-state index in [-0.39, 0.29) is 43.5 Å². The number of fused-ring (bicyclic) bond motifs is 5. The Kier molecular flexibility index (Phi) is 6.90. The van der Waals surface area contributed by atoms with E-state index >= 15 is 0 Å². The van der Waals surface area contributed by atoms with Crippen molar-refractivity contribution in [3.05, 3.63) is 94.7 Å². The fraction of sp³-hybridized carbons (Fsp3) is 0.333. The number of aromatic nitrogens is 1. The minimum absolute atomic E-state index is 0.0498. The minimum atomic E-state index is -4.51. The number of piperazine rings is 1. The van der Waals surface area contributed by atoms with Crippen molar-refractivity contribution in [2.75, 3.05) is 20.2 Å². The summed E-state index contributed by atoms with van der Waals surface area (Å²) < 4.78 is 51.7. The van der Waals surface area contributed by atoms with Crippen molar-refractivity contribution in [1.29, 1.82) is 0 Å². The van der Waals surface area contributed by atoms with Crippen LogP contribution in [-0.2, 0) is 27.8 Å². The van der Waals surface area contributed by atoms with Gasteiger partial charge in [0.05, 0.1) is 24.5 Å². The number of hydrogen-bond acceptors (Lipinski definition) is 4. The number of carbonyl (C=O) groups is 2. The quantitative estimate of drug-likeness (QED) is 0.289. The average molecular weight is 592 g/mol. The van der Waals surface area contributed by atoms with Crippen LogP contribution in [0.5, 0.6) is 11.5 Å². The van der Waals surface area contributed by atoms with Gasteiger partial charge >= 0.3 is 6.18 Å². The van der Waals surface area contributed by atoms with Gasteiger partial charge in [-0.3, -0.25) is 9.59 Å². The van der Waals surface area contributed by atoms with Crippen molar-refractivity contribution in [2.24, 2.45) is 0 Å². The maximum absolute atomic E-state index is 14.3. The highest BCUT2D eigenvalue weighted by Crippen LogP contribution is 2.49. The second-order valence-corrected chi connectivity index (χ2v) is 11.5. The summed E-state index contributed by atoms with van der Waals surface area (Å²) in [5, 5.41) is 0.931. The Labute approximate surface area is 247 Å². The SMILES string of the molecule is COc1cc([C@H]2CN3C(=O)CN(Cc4cccc(C(F)(F)F)c4)C(=O)[C@]3(C)c3[nH]c4ccccc4c32)ccc1OC(C)C. The molecule has 0 aliphatic carbocycles. The Morgan fingerprint density at radius 2 is 1.79 bits per heavy atom. The predicted molar refractivity (Wildman–Crippen MR) is 155 cm³/mol.